The lowest BCUT2D eigenvalue weighted by atomic mass is 10.0. The standard InChI is InChI=1S/C16H20N6O/c1-10(2)13(15-17-9-18-21(15)4)20-16(23)12-8-22-7-5-6-11(3)14(22)19-12/h5-10,13H,1-4H3,(H,20,23)/t13-/m0/s1. The maximum atomic E-state index is 12.6. The Hall–Kier alpha value is -2.70. The van der Waals surface area contributed by atoms with E-state index in [1.54, 1.807) is 10.9 Å². The van der Waals surface area contributed by atoms with E-state index >= 15 is 0 Å². The van der Waals surface area contributed by atoms with E-state index in [4.69, 9.17) is 0 Å². The maximum absolute atomic E-state index is 12.6. The normalized spacial score (nSPS) is 12.7. The van der Waals surface area contributed by atoms with Gasteiger partial charge in [-0.25, -0.2) is 9.97 Å². The summed E-state index contributed by atoms with van der Waals surface area (Å²) >= 11 is 0. The van der Waals surface area contributed by atoms with Crippen molar-refractivity contribution in [1.29, 1.82) is 0 Å². The van der Waals surface area contributed by atoms with Gasteiger partial charge in [0.1, 0.15) is 23.5 Å². The summed E-state index contributed by atoms with van der Waals surface area (Å²) in [6.45, 7) is 6.04. The zero-order valence-corrected chi connectivity index (χ0v) is 13.7. The summed E-state index contributed by atoms with van der Waals surface area (Å²) in [5.41, 5.74) is 2.21. The summed E-state index contributed by atoms with van der Waals surface area (Å²) in [5, 5.41) is 7.10. The summed E-state index contributed by atoms with van der Waals surface area (Å²) in [7, 11) is 1.82. The Kier molecular flexibility index (Phi) is 3.85. The van der Waals surface area contributed by atoms with Crippen molar-refractivity contribution in [3.63, 3.8) is 0 Å². The van der Waals surface area contributed by atoms with Crippen LogP contribution in [-0.4, -0.2) is 30.1 Å². The minimum absolute atomic E-state index is 0.181. The minimum atomic E-state index is -0.221. The molecule has 3 aromatic rings. The number of nitrogens with one attached hydrogen (secondary N) is 1. The van der Waals surface area contributed by atoms with Gasteiger partial charge < -0.3 is 9.72 Å². The first kappa shape index (κ1) is 15.2. The molecule has 3 rings (SSSR count). The Morgan fingerprint density at radius 3 is 2.74 bits per heavy atom. The molecule has 7 heteroatoms. The zero-order chi connectivity index (χ0) is 16.6. The van der Waals surface area contributed by atoms with E-state index < -0.39 is 0 Å². The molecule has 0 saturated heterocycles. The molecule has 0 aliphatic rings. The van der Waals surface area contributed by atoms with Gasteiger partial charge in [-0.05, 0) is 24.5 Å². The van der Waals surface area contributed by atoms with Crippen LogP contribution in [0.25, 0.3) is 5.65 Å². The van der Waals surface area contributed by atoms with Crippen LogP contribution in [0.1, 0.15) is 41.8 Å². The topological polar surface area (TPSA) is 77.1 Å². The van der Waals surface area contributed by atoms with Gasteiger partial charge in [-0.3, -0.25) is 9.48 Å². The highest BCUT2D eigenvalue weighted by molar-refractivity contribution is 5.93. The number of carbonyl (C=O) groups is 1. The summed E-state index contributed by atoms with van der Waals surface area (Å²) in [6, 6.07) is 3.68. The monoisotopic (exact) mass is 312 g/mol. The summed E-state index contributed by atoms with van der Waals surface area (Å²) in [6.07, 6.45) is 5.12. The Morgan fingerprint density at radius 1 is 1.35 bits per heavy atom. The second-order valence-electron chi connectivity index (χ2n) is 5.99. The van der Waals surface area contributed by atoms with E-state index in [1.165, 1.54) is 6.33 Å². The number of carbonyl (C=O) groups excluding carboxylic acids is 1. The molecule has 0 unspecified atom stereocenters. The molecule has 0 spiro atoms. The van der Waals surface area contributed by atoms with Crippen molar-refractivity contribution < 1.29 is 4.79 Å². The minimum Gasteiger partial charge on any atom is -0.340 e. The third kappa shape index (κ3) is 2.81. The molecule has 3 heterocycles. The van der Waals surface area contributed by atoms with Gasteiger partial charge in [-0.1, -0.05) is 19.9 Å². The Morgan fingerprint density at radius 2 is 2.13 bits per heavy atom. The molecule has 1 N–H and O–H groups in total. The second kappa shape index (κ2) is 5.83. The highest BCUT2D eigenvalue weighted by Crippen LogP contribution is 2.20. The van der Waals surface area contributed by atoms with Crippen molar-refractivity contribution in [2.24, 2.45) is 13.0 Å². The van der Waals surface area contributed by atoms with Gasteiger partial charge in [0.25, 0.3) is 5.91 Å². The Balaban J connectivity index is 1.89. The van der Waals surface area contributed by atoms with Crippen LogP contribution < -0.4 is 5.32 Å². The maximum Gasteiger partial charge on any atom is 0.272 e. The lowest BCUT2D eigenvalue weighted by molar-refractivity contribution is 0.0917. The fourth-order valence-corrected chi connectivity index (χ4v) is 2.59. The molecule has 120 valence electrons. The van der Waals surface area contributed by atoms with Crippen LogP contribution in [0.4, 0.5) is 0 Å². The quantitative estimate of drug-likeness (QED) is 0.798. The van der Waals surface area contributed by atoms with Crippen LogP contribution in [0, 0.1) is 12.8 Å². The van der Waals surface area contributed by atoms with E-state index in [0.29, 0.717) is 5.69 Å². The first-order valence-corrected chi connectivity index (χ1v) is 7.56. The number of aromatic nitrogens is 5. The molecule has 0 fully saturated rings. The molecular formula is C16H20N6O. The molecule has 0 aromatic carbocycles. The number of imidazole rings is 1. The summed E-state index contributed by atoms with van der Waals surface area (Å²) < 4.78 is 3.54. The van der Waals surface area contributed by atoms with E-state index in [9.17, 15) is 4.79 Å². The molecule has 1 amide bonds. The second-order valence-corrected chi connectivity index (χ2v) is 5.99. The SMILES string of the molecule is Cc1cccn2cc(C(=O)N[C@H](c3ncnn3C)C(C)C)nc12. The average Bonchev–Trinajstić information content (AvgIpc) is 3.11. The fraction of sp³-hybridized carbons (Fsp3) is 0.375. The molecule has 23 heavy (non-hydrogen) atoms. The average molecular weight is 312 g/mol. The molecule has 0 aliphatic heterocycles. The van der Waals surface area contributed by atoms with Crippen molar-refractivity contribution in [1.82, 2.24) is 29.5 Å². The number of amides is 1. The van der Waals surface area contributed by atoms with Crippen molar-refractivity contribution in [3.8, 4) is 0 Å². The summed E-state index contributed by atoms with van der Waals surface area (Å²) in [4.78, 5) is 21.3. The first-order valence-electron chi connectivity index (χ1n) is 7.56. The van der Waals surface area contributed by atoms with E-state index in [2.05, 4.69) is 20.4 Å². The molecule has 0 bridgehead atoms. The number of fused-ring (bicyclic) bond motifs is 1. The fourth-order valence-electron chi connectivity index (χ4n) is 2.59. The van der Waals surface area contributed by atoms with Gasteiger partial charge in [0.05, 0.1) is 6.04 Å². The predicted molar refractivity (Wildman–Crippen MR) is 86.0 cm³/mol. The number of nitrogens with zero attached hydrogens (tertiary/aromatic N) is 5. The van der Waals surface area contributed by atoms with E-state index in [-0.39, 0.29) is 17.9 Å². The Bertz CT molecular complexity index is 847. The van der Waals surface area contributed by atoms with Crippen molar-refractivity contribution >= 4 is 11.6 Å². The molecular weight excluding hydrogens is 292 g/mol. The van der Waals surface area contributed by atoms with Crippen LogP contribution >= 0.6 is 0 Å². The number of aryl methyl sites for hydroxylation is 2. The van der Waals surface area contributed by atoms with Gasteiger partial charge in [-0.2, -0.15) is 5.10 Å². The Labute approximate surface area is 134 Å². The lowest BCUT2D eigenvalue weighted by Gasteiger charge is -2.20. The van der Waals surface area contributed by atoms with Gasteiger partial charge in [-0.15, -0.1) is 0 Å². The van der Waals surface area contributed by atoms with Crippen LogP contribution in [0.3, 0.4) is 0 Å². The van der Waals surface area contributed by atoms with E-state index in [1.807, 2.05) is 50.5 Å². The molecule has 3 aromatic heterocycles. The smallest absolute Gasteiger partial charge is 0.272 e. The number of hydrogen-bond donors (Lipinski definition) is 1. The van der Waals surface area contributed by atoms with Gasteiger partial charge >= 0.3 is 0 Å². The van der Waals surface area contributed by atoms with Crippen LogP contribution in [0.5, 0.6) is 0 Å². The third-order valence-electron chi connectivity index (χ3n) is 3.89. The van der Waals surface area contributed by atoms with Crippen LogP contribution in [0.2, 0.25) is 0 Å². The van der Waals surface area contributed by atoms with Crippen molar-refractivity contribution in [3.05, 3.63) is 47.9 Å². The molecule has 0 radical (unpaired) electrons. The summed E-state index contributed by atoms with van der Waals surface area (Å²) in [5.74, 6) is 0.698. The lowest BCUT2D eigenvalue weighted by Crippen LogP contribution is -2.33. The molecule has 7 nitrogen and oxygen atoms in total. The van der Waals surface area contributed by atoms with Crippen molar-refractivity contribution in [2.45, 2.75) is 26.8 Å². The number of rotatable bonds is 4. The van der Waals surface area contributed by atoms with Crippen molar-refractivity contribution in [2.75, 3.05) is 0 Å². The highest BCUT2D eigenvalue weighted by Gasteiger charge is 2.24. The number of hydrogen-bond acceptors (Lipinski definition) is 4. The highest BCUT2D eigenvalue weighted by atomic mass is 16.2. The molecule has 0 aliphatic carbocycles. The predicted octanol–water partition coefficient (Wildman–Crippen LogP) is 1.90. The van der Waals surface area contributed by atoms with Gasteiger partial charge in [0, 0.05) is 19.4 Å². The third-order valence-corrected chi connectivity index (χ3v) is 3.89. The van der Waals surface area contributed by atoms with Crippen LogP contribution in [0.15, 0.2) is 30.9 Å². The van der Waals surface area contributed by atoms with Gasteiger partial charge in [0.15, 0.2) is 0 Å². The van der Waals surface area contributed by atoms with E-state index in [0.717, 1.165) is 17.0 Å². The van der Waals surface area contributed by atoms with Gasteiger partial charge in [0.2, 0.25) is 0 Å². The number of pyridine rings is 1. The molecule has 1 atom stereocenters. The molecule has 0 saturated carbocycles. The zero-order valence-electron chi connectivity index (χ0n) is 13.7. The largest absolute Gasteiger partial charge is 0.340 e. The first-order chi connectivity index (χ1) is 11.0. The van der Waals surface area contributed by atoms with Crippen LogP contribution in [-0.2, 0) is 7.05 Å².